The van der Waals surface area contributed by atoms with E-state index in [0.717, 1.165) is 50.5 Å². The highest BCUT2D eigenvalue weighted by Crippen LogP contribution is 2.39. The molecule has 0 aromatic heterocycles. The molecule has 2 saturated heterocycles. The van der Waals surface area contributed by atoms with Crippen LogP contribution < -0.4 is 19.7 Å². The molecule has 2 fully saturated rings. The van der Waals surface area contributed by atoms with Gasteiger partial charge in [0.25, 0.3) is 0 Å². The average molecular weight is 420 g/mol. The van der Waals surface area contributed by atoms with Gasteiger partial charge in [0.1, 0.15) is 11.5 Å². The first kappa shape index (κ1) is 22.7. The minimum absolute atomic E-state index is 0.000533. The molecule has 7 heteroatoms. The van der Waals surface area contributed by atoms with Crippen molar-refractivity contribution in [3.8, 4) is 11.5 Å². The van der Waals surface area contributed by atoms with Crippen molar-refractivity contribution in [1.82, 2.24) is 4.90 Å². The van der Waals surface area contributed by atoms with Crippen molar-refractivity contribution in [2.45, 2.75) is 52.5 Å². The maximum absolute atomic E-state index is 13.1. The lowest BCUT2D eigenvalue weighted by molar-refractivity contribution is -0.120. The summed E-state index contributed by atoms with van der Waals surface area (Å²) in [6, 6.07) is 3.73. The van der Waals surface area contributed by atoms with Crippen LogP contribution in [0, 0.1) is 0 Å². The summed E-state index contributed by atoms with van der Waals surface area (Å²) in [6.45, 7) is 12.0. The number of anilines is 2. The normalized spacial score (nSPS) is 19.1. The van der Waals surface area contributed by atoms with Gasteiger partial charge in [0, 0.05) is 25.2 Å². The second-order valence-electron chi connectivity index (χ2n) is 7.90. The van der Waals surface area contributed by atoms with Crippen LogP contribution in [0.15, 0.2) is 12.1 Å². The SMILES string of the molecule is CCOc1cc(N2CCOCC2)c(OCC)cc1NC(=O)C(C)N1CCCCCC1. The molecule has 0 radical (unpaired) electrons. The van der Waals surface area contributed by atoms with Gasteiger partial charge in [-0.3, -0.25) is 9.69 Å². The lowest BCUT2D eigenvalue weighted by atomic mass is 10.2. The predicted molar refractivity (Wildman–Crippen MR) is 120 cm³/mol. The molecule has 3 rings (SSSR count). The van der Waals surface area contributed by atoms with Crippen molar-refractivity contribution in [1.29, 1.82) is 0 Å². The third kappa shape index (κ3) is 5.79. The van der Waals surface area contributed by atoms with Crippen molar-refractivity contribution in [2.75, 3.05) is 62.8 Å². The minimum atomic E-state index is -0.174. The highest BCUT2D eigenvalue weighted by atomic mass is 16.5. The molecule has 1 N–H and O–H groups in total. The maximum atomic E-state index is 13.1. The minimum Gasteiger partial charge on any atom is -0.492 e. The van der Waals surface area contributed by atoms with Gasteiger partial charge in [0.05, 0.1) is 43.8 Å². The van der Waals surface area contributed by atoms with Gasteiger partial charge in [-0.15, -0.1) is 0 Å². The summed E-state index contributed by atoms with van der Waals surface area (Å²) < 4.78 is 17.3. The average Bonchev–Trinajstić information content (AvgIpc) is 3.05. The number of carbonyl (C=O) groups is 1. The molecule has 1 aromatic carbocycles. The molecule has 1 aromatic rings. The van der Waals surface area contributed by atoms with E-state index in [4.69, 9.17) is 14.2 Å². The van der Waals surface area contributed by atoms with E-state index in [2.05, 4.69) is 15.1 Å². The van der Waals surface area contributed by atoms with E-state index in [-0.39, 0.29) is 11.9 Å². The number of likely N-dealkylation sites (tertiary alicyclic amines) is 1. The van der Waals surface area contributed by atoms with Gasteiger partial charge in [-0.25, -0.2) is 0 Å². The number of nitrogens with zero attached hydrogens (tertiary/aromatic N) is 2. The standard InChI is InChI=1S/C23H37N3O4/c1-4-29-21-17-20(26-12-14-28-15-13-26)22(30-5-2)16-19(21)24-23(27)18(3)25-10-8-6-7-9-11-25/h16-18H,4-15H2,1-3H3,(H,24,27). The monoisotopic (exact) mass is 419 g/mol. The fourth-order valence-electron chi connectivity index (χ4n) is 4.13. The van der Waals surface area contributed by atoms with Crippen LogP contribution in [0.2, 0.25) is 0 Å². The maximum Gasteiger partial charge on any atom is 0.241 e. The second kappa shape index (κ2) is 11.4. The smallest absolute Gasteiger partial charge is 0.241 e. The Morgan fingerprint density at radius 3 is 2.27 bits per heavy atom. The zero-order valence-corrected chi connectivity index (χ0v) is 18.7. The quantitative estimate of drug-likeness (QED) is 0.696. The Bertz CT molecular complexity index is 683. The molecule has 2 aliphatic heterocycles. The van der Waals surface area contributed by atoms with E-state index in [9.17, 15) is 4.79 Å². The van der Waals surface area contributed by atoms with Gasteiger partial charge in [-0.2, -0.15) is 0 Å². The van der Waals surface area contributed by atoms with E-state index in [0.29, 0.717) is 37.9 Å². The van der Waals surface area contributed by atoms with Crippen LogP contribution in [0.1, 0.15) is 46.5 Å². The van der Waals surface area contributed by atoms with Gasteiger partial charge in [0.15, 0.2) is 0 Å². The topological polar surface area (TPSA) is 63.3 Å². The second-order valence-corrected chi connectivity index (χ2v) is 7.90. The van der Waals surface area contributed by atoms with Crippen LogP contribution in [-0.4, -0.2) is 69.5 Å². The molecule has 7 nitrogen and oxygen atoms in total. The third-order valence-electron chi connectivity index (χ3n) is 5.84. The Kier molecular flexibility index (Phi) is 8.63. The first-order chi connectivity index (χ1) is 14.6. The molecule has 2 heterocycles. The number of nitrogens with one attached hydrogen (secondary N) is 1. The van der Waals surface area contributed by atoms with E-state index in [1.54, 1.807) is 0 Å². The molecule has 168 valence electrons. The highest BCUT2D eigenvalue weighted by molar-refractivity contribution is 5.96. The molecule has 30 heavy (non-hydrogen) atoms. The Morgan fingerprint density at radius 1 is 1.00 bits per heavy atom. The summed E-state index contributed by atoms with van der Waals surface area (Å²) in [4.78, 5) is 17.6. The summed E-state index contributed by atoms with van der Waals surface area (Å²) in [5.74, 6) is 1.44. The largest absolute Gasteiger partial charge is 0.492 e. The van der Waals surface area contributed by atoms with Crippen molar-refractivity contribution in [2.24, 2.45) is 0 Å². The summed E-state index contributed by atoms with van der Waals surface area (Å²) in [5, 5.41) is 3.11. The van der Waals surface area contributed by atoms with E-state index in [1.165, 1.54) is 12.8 Å². The number of rotatable bonds is 8. The molecule has 1 amide bonds. The van der Waals surface area contributed by atoms with E-state index < -0.39 is 0 Å². The van der Waals surface area contributed by atoms with E-state index >= 15 is 0 Å². The van der Waals surface area contributed by atoms with Crippen molar-refractivity contribution in [3.63, 3.8) is 0 Å². The molecule has 2 aliphatic rings. The van der Waals surface area contributed by atoms with Gasteiger partial charge in [0.2, 0.25) is 5.91 Å². The fraction of sp³-hybridized carbons (Fsp3) is 0.696. The van der Waals surface area contributed by atoms with Crippen molar-refractivity contribution >= 4 is 17.3 Å². The summed E-state index contributed by atoms with van der Waals surface area (Å²) in [7, 11) is 0. The molecular formula is C23H37N3O4. The predicted octanol–water partition coefficient (Wildman–Crippen LogP) is 3.52. The Balaban J connectivity index is 1.82. The van der Waals surface area contributed by atoms with Gasteiger partial charge in [-0.1, -0.05) is 12.8 Å². The number of hydrogen-bond acceptors (Lipinski definition) is 6. The Morgan fingerprint density at radius 2 is 1.63 bits per heavy atom. The molecule has 1 unspecified atom stereocenters. The number of benzene rings is 1. The Hall–Kier alpha value is -1.99. The van der Waals surface area contributed by atoms with Gasteiger partial charge >= 0.3 is 0 Å². The summed E-state index contributed by atoms with van der Waals surface area (Å²) >= 11 is 0. The number of ether oxygens (including phenoxy) is 3. The van der Waals surface area contributed by atoms with Crippen LogP contribution in [-0.2, 0) is 9.53 Å². The fourth-order valence-corrected chi connectivity index (χ4v) is 4.13. The lowest BCUT2D eigenvalue weighted by Gasteiger charge is -2.31. The first-order valence-electron chi connectivity index (χ1n) is 11.4. The summed E-state index contributed by atoms with van der Waals surface area (Å²) in [5.41, 5.74) is 1.66. The molecule has 1 atom stereocenters. The van der Waals surface area contributed by atoms with Gasteiger partial charge in [-0.05, 0) is 46.7 Å². The molecule has 0 spiro atoms. The van der Waals surface area contributed by atoms with Gasteiger partial charge < -0.3 is 24.4 Å². The van der Waals surface area contributed by atoms with Crippen LogP contribution in [0.3, 0.4) is 0 Å². The molecule has 0 bridgehead atoms. The number of amides is 1. The Labute approximate surface area is 180 Å². The third-order valence-corrected chi connectivity index (χ3v) is 5.84. The highest BCUT2D eigenvalue weighted by Gasteiger charge is 2.25. The van der Waals surface area contributed by atoms with Crippen LogP contribution in [0.25, 0.3) is 0 Å². The van der Waals surface area contributed by atoms with Crippen molar-refractivity contribution in [3.05, 3.63) is 12.1 Å². The number of morpholine rings is 1. The molecular weight excluding hydrogens is 382 g/mol. The zero-order valence-electron chi connectivity index (χ0n) is 18.7. The van der Waals surface area contributed by atoms with Crippen molar-refractivity contribution < 1.29 is 19.0 Å². The van der Waals surface area contributed by atoms with Crippen LogP contribution in [0.5, 0.6) is 11.5 Å². The zero-order chi connectivity index (χ0) is 21.3. The first-order valence-corrected chi connectivity index (χ1v) is 11.4. The molecule has 0 saturated carbocycles. The lowest BCUT2D eigenvalue weighted by Crippen LogP contribution is -2.42. The van der Waals surface area contributed by atoms with E-state index in [1.807, 2.05) is 32.9 Å². The van der Waals surface area contributed by atoms with Crippen LogP contribution >= 0.6 is 0 Å². The number of hydrogen-bond donors (Lipinski definition) is 1. The number of carbonyl (C=O) groups excluding carboxylic acids is 1. The molecule has 0 aliphatic carbocycles. The van der Waals surface area contributed by atoms with Crippen LogP contribution in [0.4, 0.5) is 11.4 Å². The summed E-state index contributed by atoms with van der Waals surface area (Å²) in [6.07, 6.45) is 4.81.